The van der Waals surface area contributed by atoms with Crippen molar-refractivity contribution < 1.29 is 0 Å². The first-order valence-electron chi connectivity index (χ1n) is 8.95. The smallest absolute Gasteiger partial charge is 0.00789 e. The summed E-state index contributed by atoms with van der Waals surface area (Å²) in [5.41, 5.74) is 2.15. The lowest BCUT2D eigenvalue weighted by atomic mass is 9.74. The molecule has 0 heterocycles. The SMILES string of the molecule is CC(C)CC1(CNC2CC(c3ccccc3)C2)CCCC1. The maximum Gasteiger partial charge on any atom is 0.00789 e. The van der Waals surface area contributed by atoms with E-state index in [4.69, 9.17) is 0 Å². The monoisotopic (exact) mass is 285 g/mol. The van der Waals surface area contributed by atoms with E-state index in [0.717, 1.165) is 17.9 Å². The van der Waals surface area contributed by atoms with Crippen molar-refractivity contribution in [3.63, 3.8) is 0 Å². The summed E-state index contributed by atoms with van der Waals surface area (Å²) in [7, 11) is 0. The first-order chi connectivity index (χ1) is 10.2. The van der Waals surface area contributed by atoms with Gasteiger partial charge in [-0.2, -0.15) is 0 Å². The Morgan fingerprint density at radius 1 is 1.10 bits per heavy atom. The van der Waals surface area contributed by atoms with Gasteiger partial charge in [0.2, 0.25) is 0 Å². The Labute approximate surface area is 130 Å². The quantitative estimate of drug-likeness (QED) is 0.764. The fourth-order valence-electron chi connectivity index (χ4n) is 4.59. The maximum atomic E-state index is 3.91. The zero-order valence-corrected chi connectivity index (χ0v) is 13.8. The van der Waals surface area contributed by atoms with Crippen molar-refractivity contribution >= 4 is 0 Å². The van der Waals surface area contributed by atoms with Gasteiger partial charge in [0.1, 0.15) is 0 Å². The molecular weight excluding hydrogens is 254 g/mol. The minimum absolute atomic E-state index is 0.617. The summed E-state index contributed by atoms with van der Waals surface area (Å²) in [6, 6.07) is 11.8. The first kappa shape index (κ1) is 15.1. The van der Waals surface area contributed by atoms with Gasteiger partial charge in [-0.05, 0) is 54.9 Å². The molecular formula is C20H31N. The second kappa shape index (κ2) is 6.52. The third-order valence-electron chi connectivity index (χ3n) is 5.68. The summed E-state index contributed by atoms with van der Waals surface area (Å²) < 4.78 is 0. The van der Waals surface area contributed by atoms with E-state index < -0.39 is 0 Å². The number of hydrogen-bond donors (Lipinski definition) is 1. The van der Waals surface area contributed by atoms with E-state index in [1.54, 1.807) is 0 Å². The van der Waals surface area contributed by atoms with Crippen molar-refractivity contribution in [3.05, 3.63) is 35.9 Å². The van der Waals surface area contributed by atoms with Crippen molar-refractivity contribution in [1.82, 2.24) is 5.32 Å². The Morgan fingerprint density at radius 3 is 2.38 bits per heavy atom. The van der Waals surface area contributed by atoms with Crippen LogP contribution in [0.3, 0.4) is 0 Å². The second-order valence-corrected chi connectivity index (χ2v) is 7.96. The molecule has 1 nitrogen and oxygen atoms in total. The maximum absolute atomic E-state index is 3.91. The minimum Gasteiger partial charge on any atom is -0.313 e. The topological polar surface area (TPSA) is 12.0 Å². The van der Waals surface area contributed by atoms with Crippen LogP contribution in [-0.4, -0.2) is 12.6 Å². The third kappa shape index (κ3) is 3.69. The van der Waals surface area contributed by atoms with Gasteiger partial charge in [-0.25, -0.2) is 0 Å². The van der Waals surface area contributed by atoms with E-state index in [1.165, 1.54) is 57.1 Å². The van der Waals surface area contributed by atoms with Gasteiger partial charge in [-0.3, -0.25) is 0 Å². The molecule has 1 heteroatoms. The molecule has 0 aliphatic heterocycles. The molecule has 1 N–H and O–H groups in total. The zero-order chi connectivity index (χ0) is 14.7. The number of rotatable bonds is 6. The minimum atomic E-state index is 0.617. The second-order valence-electron chi connectivity index (χ2n) is 7.96. The summed E-state index contributed by atoms with van der Waals surface area (Å²) in [5, 5.41) is 3.91. The molecule has 2 fully saturated rings. The molecule has 2 saturated carbocycles. The van der Waals surface area contributed by atoms with Crippen LogP contribution in [0, 0.1) is 11.3 Å². The average Bonchev–Trinajstić information content (AvgIpc) is 2.86. The van der Waals surface area contributed by atoms with Crippen LogP contribution < -0.4 is 5.32 Å². The normalized spacial score (nSPS) is 27.8. The van der Waals surface area contributed by atoms with Crippen molar-refractivity contribution in [2.75, 3.05) is 6.54 Å². The fraction of sp³-hybridized carbons (Fsp3) is 0.700. The summed E-state index contributed by atoms with van der Waals surface area (Å²) in [6.45, 7) is 6.03. The Morgan fingerprint density at radius 2 is 1.76 bits per heavy atom. The van der Waals surface area contributed by atoms with Crippen molar-refractivity contribution in [2.45, 2.75) is 70.8 Å². The van der Waals surface area contributed by atoms with Crippen LogP contribution in [0.4, 0.5) is 0 Å². The van der Waals surface area contributed by atoms with Crippen LogP contribution >= 0.6 is 0 Å². The number of benzene rings is 1. The third-order valence-corrected chi connectivity index (χ3v) is 5.68. The van der Waals surface area contributed by atoms with Crippen molar-refractivity contribution in [2.24, 2.45) is 11.3 Å². The van der Waals surface area contributed by atoms with Gasteiger partial charge in [0, 0.05) is 12.6 Å². The Kier molecular flexibility index (Phi) is 4.69. The van der Waals surface area contributed by atoms with E-state index in [2.05, 4.69) is 49.5 Å². The van der Waals surface area contributed by atoms with Crippen LogP contribution in [-0.2, 0) is 0 Å². The average molecular weight is 285 g/mol. The van der Waals surface area contributed by atoms with Crippen LogP contribution in [0.5, 0.6) is 0 Å². The van der Waals surface area contributed by atoms with E-state index in [9.17, 15) is 0 Å². The lowest BCUT2D eigenvalue weighted by Crippen LogP contribution is -2.45. The highest BCUT2D eigenvalue weighted by Crippen LogP contribution is 2.44. The van der Waals surface area contributed by atoms with Gasteiger partial charge in [-0.15, -0.1) is 0 Å². The van der Waals surface area contributed by atoms with E-state index in [0.29, 0.717) is 5.41 Å². The molecule has 0 radical (unpaired) electrons. The summed E-state index contributed by atoms with van der Waals surface area (Å²) in [6.07, 6.45) is 9.88. The van der Waals surface area contributed by atoms with Crippen LogP contribution in [0.15, 0.2) is 30.3 Å². The molecule has 1 aromatic carbocycles. The largest absolute Gasteiger partial charge is 0.313 e. The number of nitrogens with one attached hydrogen (secondary N) is 1. The Hall–Kier alpha value is -0.820. The first-order valence-corrected chi connectivity index (χ1v) is 8.95. The Bertz CT molecular complexity index is 424. The molecule has 3 rings (SSSR count). The predicted molar refractivity (Wildman–Crippen MR) is 90.6 cm³/mol. The standard InChI is InChI=1S/C20H31N/c1-16(2)14-20(10-6-7-11-20)15-21-19-12-18(13-19)17-8-4-3-5-9-17/h3-5,8-9,16,18-19,21H,6-7,10-15H2,1-2H3. The molecule has 0 unspecified atom stereocenters. The summed E-state index contributed by atoms with van der Waals surface area (Å²) in [5.74, 6) is 1.64. The molecule has 2 aliphatic rings. The van der Waals surface area contributed by atoms with Crippen LogP contribution in [0.1, 0.15) is 70.3 Å². The lowest BCUT2D eigenvalue weighted by molar-refractivity contribution is 0.188. The molecule has 0 aromatic heterocycles. The molecule has 21 heavy (non-hydrogen) atoms. The van der Waals surface area contributed by atoms with Crippen LogP contribution in [0.25, 0.3) is 0 Å². The highest BCUT2D eigenvalue weighted by Gasteiger charge is 2.36. The van der Waals surface area contributed by atoms with Crippen molar-refractivity contribution in [1.29, 1.82) is 0 Å². The molecule has 1 aromatic rings. The van der Waals surface area contributed by atoms with Gasteiger partial charge < -0.3 is 5.32 Å². The van der Waals surface area contributed by atoms with Gasteiger partial charge in [0.05, 0.1) is 0 Å². The fourth-order valence-corrected chi connectivity index (χ4v) is 4.59. The highest BCUT2D eigenvalue weighted by atomic mass is 14.9. The van der Waals surface area contributed by atoms with E-state index in [-0.39, 0.29) is 0 Å². The molecule has 2 aliphatic carbocycles. The van der Waals surface area contributed by atoms with Gasteiger partial charge >= 0.3 is 0 Å². The van der Waals surface area contributed by atoms with E-state index in [1.807, 2.05) is 0 Å². The highest BCUT2D eigenvalue weighted by molar-refractivity contribution is 5.22. The van der Waals surface area contributed by atoms with Gasteiger partial charge in [0.25, 0.3) is 0 Å². The molecule has 0 amide bonds. The molecule has 0 saturated heterocycles. The zero-order valence-electron chi connectivity index (χ0n) is 13.8. The molecule has 116 valence electrons. The predicted octanol–water partition coefficient (Wildman–Crippen LogP) is 5.13. The molecule has 0 atom stereocenters. The van der Waals surface area contributed by atoms with Gasteiger partial charge in [0.15, 0.2) is 0 Å². The number of hydrogen-bond acceptors (Lipinski definition) is 1. The molecule has 0 bridgehead atoms. The van der Waals surface area contributed by atoms with Crippen molar-refractivity contribution in [3.8, 4) is 0 Å². The lowest BCUT2D eigenvalue weighted by Gasteiger charge is -2.40. The van der Waals surface area contributed by atoms with E-state index >= 15 is 0 Å². The molecule has 0 spiro atoms. The van der Waals surface area contributed by atoms with Crippen LogP contribution in [0.2, 0.25) is 0 Å². The summed E-state index contributed by atoms with van der Waals surface area (Å²) in [4.78, 5) is 0. The van der Waals surface area contributed by atoms with Gasteiger partial charge in [-0.1, -0.05) is 57.0 Å². The summed E-state index contributed by atoms with van der Waals surface area (Å²) >= 11 is 0. The Balaban J connectivity index is 1.46.